The fourth-order valence-corrected chi connectivity index (χ4v) is 3.11. The molecule has 1 heterocycles. The zero-order chi connectivity index (χ0) is 22.3. The first-order valence-corrected chi connectivity index (χ1v) is 10.7. The summed E-state index contributed by atoms with van der Waals surface area (Å²) in [4.78, 5) is 17.2. The molecule has 0 bridgehead atoms. The average molecular weight is 440 g/mol. The standard InChI is InChI=1S/C23H25N3O4S/c1-5-14-31-19-12-10-18(11-13-19)28-17-8-6-16(7-9-17)21-25-20(30-26-21)15-24-22(27)29-23(2,3)4/h5-13H,1,14-15H2,2-4H3,(H,24,27). The zero-order valence-electron chi connectivity index (χ0n) is 17.8. The summed E-state index contributed by atoms with van der Waals surface area (Å²) >= 11 is 1.72. The SMILES string of the molecule is C=CCSc1ccc(Oc2ccc(-c3noc(CNC(=O)OC(C)(C)C)n3)cc2)cc1. The second-order valence-corrected chi connectivity index (χ2v) is 8.66. The quantitative estimate of drug-likeness (QED) is 0.349. The Morgan fingerprint density at radius 3 is 2.39 bits per heavy atom. The summed E-state index contributed by atoms with van der Waals surface area (Å²) in [5.41, 5.74) is 0.205. The molecule has 162 valence electrons. The van der Waals surface area contributed by atoms with Crippen molar-refractivity contribution in [1.82, 2.24) is 15.5 Å². The first-order valence-electron chi connectivity index (χ1n) is 9.74. The topological polar surface area (TPSA) is 86.5 Å². The van der Waals surface area contributed by atoms with Gasteiger partial charge in [-0.1, -0.05) is 11.2 Å². The molecule has 0 fully saturated rings. The lowest BCUT2D eigenvalue weighted by molar-refractivity contribution is 0.0518. The van der Waals surface area contributed by atoms with Gasteiger partial charge in [-0.3, -0.25) is 0 Å². The predicted octanol–water partition coefficient (Wildman–Crippen LogP) is 5.83. The highest BCUT2D eigenvalue weighted by Crippen LogP contribution is 2.27. The van der Waals surface area contributed by atoms with Gasteiger partial charge in [-0.15, -0.1) is 18.3 Å². The molecule has 0 unspecified atom stereocenters. The van der Waals surface area contributed by atoms with Crippen LogP contribution in [0.1, 0.15) is 26.7 Å². The summed E-state index contributed by atoms with van der Waals surface area (Å²) in [7, 11) is 0. The fraction of sp³-hybridized carbons (Fsp3) is 0.261. The van der Waals surface area contributed by atoms with Crippen LogP contribution in [0.5, 0.6) is 11.5 Å². The van der Waals surface area contributed by atoms with Crippen molar-refractivity contribution in [3.05, 3.63) is 67.1 Å². The number of carbonyl (C=O) groups is 1. The van der Waals surface area contributed by atoms with Crippen LogP contribution in [0.15, 0.2) is 70.6 Å². The maximum Gasteiger partial charge on any atom is 0.408 e. The van der Waals surface area contributed by atoms with E-state index in [1.807, 2.05) is 54.6 Å². The second kappa shape index (κ2) is 10.2. The van der Waals surface area contributed by atoms with Gasteiger partial charge in [0.1, 0.15) is 23.6 Å². The van der Waals surface area contributed by atoms with Gasteiger partial charge in [0, 0.05) is 16.2 Å². The third-order valence-electron chi connectivity index (χ3n) is 3.79. The number of aromatic nitrogens is 2. The third-order valence-corrected chi connectivity index (χ3v) is 4.80. The number of benzene rings is 2. The van der Waals surface area contributed by atoms with E-state index in [4.69, 9.17) is 14.0 Å². The lowest BCUT2D eigenvalue weighted by Crippen LogP contribution is -2.32. The van der Waals surface area contributed by atoms with Gasteiger partial charge in [0.15, 0.2) is 0 Å². The number of ether oxygens (including phenoxy) is 2. The van der Waals surface area contributed by atoms with E-state index in [-0.39, 0.29) is 12.4 Å². The van der Waals surface area contributed by atoms with Gasteiger partial charge in [0.2, 0.25) is 11.7 Å². The highest BCUT2D eigenvalue weighted by molar-refractivity contribution is 7.99. The van der Waals surface area contributed by atoms with Crippen LogP contribution in [0.3, 0.4) is 0 Å². The average Bonchev–Trinajstić information content (AvgIpc) is 3.20. The first kappa shape index (κ1) is 22.4. The van der Waals surface area contributed by atoms with E-state index in [1.165, 1.54) is 0 Å². The zero-order valence-corrected chi connectivity index (χ0v) is 18.6. The molecule has 0 aliphatic rings. The van der Waals surface area contributed by atoms with Crippen molar-refractivity contribution in [3.63, 3.8) is 0 Å². The van der Waals surface area contributed by atoms with Gasteiger partial charge in [-0.25, -0.2) is 4.79 Å². The maximum absolute atomic E-state index is 11.7. The molecular weight excluding hydrogens is 414 g/mol. The van der Waals surface area contributed by atoms with E-state index >= 15 is 0 Å². The Morgan fingerprint density at radius 2 is 1.77 bits per heavy atom. The van der Waals surface area contributed by atoms with Gasteiger partial charge < -0.3 is 19.3 Å². The largest absolute Gasteiger partial charge is 0.457 e. The van der Waals surface area contributed by atoms with Gasteiger partial charge in [-0.2, -0.15) is 4.98 Å². The van der Waals surface area contributed by atoms with Crippen LogP contribution in [-0.4, -0.2) is 27.6 Å². The Labute approximate surface area is 185 Å². The Kier molecular flexibility index (Phi) is 7.36. The number of hydrogen-bond acceptors (Lipinski definition) is 7. The minimum absolute atomic E-state index is 0.0875. The van der Waals surface area contributed by atoms with Gasteiger partial charge in [0.05, 0.1) is 0 Å². The van der Waals surface area contributed by atoms with Gasteiger partial charge >= 0.3 is 6.09 Å². The van der Waals surface area contributed by atoms with E-state index in [0.29, 0.717) is 11.6 Å². The van der Waals surface area contributed by atoms with E-state index in [1.54, 1.807) is 32.5 Å². The summed E-state index contributed by atoms with van der Waals surface area (Å²) < 4.78 is 16.3. The minimum Gasteiger partial charge on any atom is -0.457 e. The highest BCUT2D eigenvalue weighted by atomic mass is 32.2. The van der Waals surface area contributed by atoms with Crippen LogP contribution in [0.4, 0.5) is 4.79 Å². The predicted molar refractivity (Wildman–Crippen MR) is 120 cm³/mol. The number of hydrogen-bond donors (Lipinski definition) is 1. The van der Waals surface area contributed by atoms with Crippen molar-refractivity contribution in [3.8, 4) is 22.9 Å². The number of rotatable bonds is 8. The van der Waals surface area contributed by atoms with Crippen molar-refractivity contribution in [2.45, 2.75) is 37.8 Å². The second-order valence-electron chi connectivity index (χ2n) is 7.56. The van der Waals surface area contributed by atoms with E-state index in [0.717, 1.165) is 22.0 Å². The molecule has 8 heteroatoms. The monoisotopic (exact) mass is 439 g/mol. The van der Waals surface area contributed by atoms with Crippen molar-refractivity contribution >= 4 is 17.9 Å². The molecule has 31 heavy (non-hydrogen) atoms. The molecule has 1 aromatic heterocycles. The van der Waals surface area contributed by atoms with Crippen LogP contribution < -0.4 is 10.1 Å². The summed E-state index contributed by atoms with van der Waals surface area (Å²) in [5.74, 6) is 3.04. The Morgan fingerprint density at radius 1 is 1.13 bits per heavy atom. The lowest BCUT2D eigenvalue weighted by atomic mass is 10.2. The number of thioether (sulfide) groups is 1. The molecule has 7 nitrogen and oxygen atoms in total. The van der Waals surface area contributed by atoms with Crippen molar-refractivity contribution in [2.24, 2.45) is 0 Å². The van der Waals surface area contributed by atoms with Crippen LogP contribution in [0.25, 0.3) is 11.4 Å². The molecule has 0 aliphatic carbocycles. The molecule has 0 saturated carbocycles. The lowest BCUT2D eigenvalue weighted by Gasteiger charge is -2.19. The van der Waals surface area contributed by atoms with Crippen molar-refractivity contribution < 1.29 is 18.8 Å². The number of nitrogens with zero attached hydrogens (tertiary/aromatic N) is 2. The molecule has 0 aliphatic heterocycles. The molecule has 3 aromatic rings. The number of carbonyl (C=O) groups excluding carboxylic acids is 1. The molecule has 0 radical (unpaired) electrons. The Bertz CT molecular complexity index is 1010. The number of alkyl carbamates (subject to hydrolysis) is 1. The van der Waals surface area contributed by atoms with E-state index in [9.17, 15) is 4.79 Å². The fourth-order valence-electron chi connectivity index (χ4n) is 2.47. The van der Waals surface area contributed by atoms with Crippen LogP contribution in [0, 0.1) is 0 Å². The Balaban J connectivity index is 1.55. The molecule has 3 rings (SSSR count). The molecule has 0 atom stereocenters. The normalized spacial score (nSPS) is 11.1. The van der Waals surface area contributed by atoms with Crippen molar-refractivity contribution in [2.75, 3.05) is 5.75 Å². The summed E-state index contributed by atoms with van der Waals surface area (Å²) in [6, 6.07) is 15.3. The van der Waals surface area contributed by atoms with Crippen LogP contribution in [-0.2, 0) is 11.3 Å². The number of amides is 1. The third kappa shape index (κ3) is 7.18. The molecule has 2 aromatic carbocycles. The first-order chi connectivity index (χ1) is 14.8. The number of nitrogens with one attached hydrogen (secondary N) is 1. The Hall–Kier alpha value is -3.26. The van der Waals surface area contributed by atoms with Gasteiger partial charge in [-0.05, 0) is 69.3 Å². The molecular formula is C23H25N3O4S. The van der Waals surface area contributed by atoms with Crippen molar-refractivity contribution in [1.29, 1.82) is 0 Å². The smallest absolute Gasteiger partial charge is 0.408 e. The molecule has 1 amide bonds. The maximum atomic E-state index is 11.7. The molecule has 1 N–H and O–H groups in total. The molecule has 0 saturated heterocycles. The van der Waals surface area contributed by atoms with Crippen LogP contribution in [0.2, 0.25) is 0 Å². The summed E-state index contributed by atoms with van der Waals surface area (Å²) in [6.07, 6.45) is 1.34. The summed E-state index contributed by atoms with van der Waals surface area (Å²) in [6.45, 7) is 9.20. The van der Waals surface area contributed by atoms with Crippen LogP contribution >= 0.6 is 11.8 Å². The highest BCUT2D eigenvalue weighted by Gasteiger charge is 2.17. The van der Waals surface area contributed by atoms with E-state index in [2.05, 4.69) is 22.0 Å². The molecule has 0 spiro atoms. The minimum atomic E-state index is -0.569. The van der Waals surface area contributed by atoms with Gasteiger partial charge in [0.25, 0.3) is 0 Å². The van der Waals surface area contributed by atoms with E-state index < -0.39 is 11.7 Å². The summed E-state index contributed by atoms with van der Waals surface area (Å²) in [5, 5.41) is 6.55.